The minimum absolute atomic E-state index is 0.102. The molecule has 0 saturated heterocycles. The third-order valence-corrected chi connectivity index (χ3v) is 9.35. The number of carbonyl (C=O) groups is 3. The molecule has 0 N–H and O–H groups in total. The maximum absolute atomic E-state index is 12.7. The van der Waals surface area contributed by atoms with Gasteiger partial charge in [0.25, 0.3) is 0 Å². The molecular weight excluding hydrogens is 661 g/mol. The van der Waals surface area contributed by atoms with Crippen molar-refractivity contribution in [2.75, 3.05) is 13.2 Å². The van der Waals surface area contributed by atoms with Crippen molar-refractivity contribution in [1.29, 1.82) is 0 Å². The van der Waals surface area contributed by atoms with Crippen molar-refractivity contribution < 1.29 is 28.6 Å². The lowest BCUT2D eigenvalue weighted by molar-refractivity contribution is -0.166. The van der Waals surface area contributed by atoms with E-state index < -0.39 is 12.1 Å². The lowest BCUT2D eigenvalue weighted by Gasteiger charge is -2.18. The number of hydrogen-bond donors (Lipinski definition) is 0. The van der Waals surface area contributed by atoms with Crippen molar-refractivity contribution in [3.8, 4) is 0 Å². The van der Waals surface area contributed by atoms with Crippen LogP contribution in [0.1, 0.15) is 213 Å². The van der Waals surface area contributed by atoms with Crippen molar-refractivity contribution >= 4 is 17.9 Å². The molecule has 0 heterocycles. The highest BCUT2D eigenvalue weighted by Crippen LogP contribution is 2.15. The van der Waals surface area contributed by atoms with Gasteiger partial charge >= 0.3 is 17.9 Å². The van der Waals surface area contributed by atoms with Crippen LogP contribution in [-0.2, 0) is 28.6 Å². The quantitative estimate of drug-likeness (QED) is 0.0270. The summed E-state index contributed by atoms with van der Waals surface area (Å²) in [5.74, 6) is -1.04. The van der Waals surface area contributed by atoms with Gasteiger partial charge < -0.3 is 14.2 Å². The van der Waals surface area contributed by atoms with Crippen molar-refractivity contribution in [3.63, 3.8) is 0 Å². The molecule has 0 aliphatic carbocycles. The van der Waals surface area contributed by atoms with Crippen molar-refractivity contribution in [1.82, 2.24) is 0 Å². The van der Waals surface area contributed by atoms with Crippen molar-refractivity contribution in [2.45, 2.75) is 219 Å². The Morgan fingerprint density at radius 2 is 0.830 bits per heavy atom. The van der Waals surface area contributed by atoms with Crippen LogP contribution in [0.3, 0.4) is 0 Å². The molecule has 0 aromatic rings. The van der Waals surface area contributed by atoms with Gasteiger partial charge in [0.2, 0.25) is 0 Å². The number of rotatable bonds is 39. The maximum atomic E-state index is 12.7. The smallest absolute Gasteiger partial charge is 0.309 e. The zero-order chi connectivity index (χ0) is 38.7. The van der Waals surface area contributed by atoms with Crippen LogP contribution in [0.15, 0.2) is 48.6 Å². The maximum Gasteiger partial charge on any atom is 0.309 e. The minimum Gasteiger partial charge on any atom is -0.462 e. The van der Waals surface area contributed by atoms with Gasteiger partial charge in [-0.2, -0.15) is 0 Å². The molecule has 0 aliphatic heterocycles. The Morgan fingerprint density at radius 3 is 1.36 bits per heavy atom. The average molecular weight is 743 g/mol. The fourth-order valence-electron chi connectivity index (χ4n) is 6.01. The molecule has 53 heavy (non-hydrogen) atoms. The van der Waals surface area contributed by atoms with E-state index in [-0.39, 0.29) is 31.6 Å². The van der Waals surface area contributed by atoms with Crippen LogP contribution in [0, 0.1) is 0 Å². The third kappa shape index (κ3) is 40.4. The van der Waals surface area contributed by atoms with E-state index in [4.69, 9.17) is 14.2 Å². The van der Waals surface area contributed by atoms with E-state index in [1.54, 1.807) is 6.08 Å². The third-order valence-electron chi connectivity index (χ3n) is 9.35. The lowest BCUT2D eigenvalue weighted by atomic mass is 10.0. The molecule has 0 aromatic heterocycles. The summed E-state index contributed by atoms with van der Waals surface area (Å²) in [5.41, 5.74) is 0. The summed E-state index contributed by atoms with van der Waals surface area (Å²) in [6.45, 7) is 6.37. The number of allylic oxidation sites excluding steroid dienone is 7. The molecule has 0 amide bonds. The molecule has 0 spiro atoms. The Kier molecular flexibility index (Phi) is 40.0. The summed E-state index contributed by atoms with van der Waals surface area (Å²) < 4.78 is 16.5. The zero-order valence-corrected chi connectivity index (χ0v) is 34.8. The minimum atomic E-state index is -0.806. The SMILES string of the molecule is CC/C=C\C/C=C\C/C=C\CC(=O)OCC(COC(=O)CCCCCCCCCCCCCCCCC)OC(=O)CCCCCCC/C=C\CCCC. The fraction of sp³-hybridized carbons (Fsp3) is 0.766. The Morgan fingerprint density at radius 1 is 0.415 bits per heavy atom. The Balaban J connectivity index is 4.39. The number of unbranched alkanes of at least 4 members (excludes halogenated alkanes) is 21. The van der Waals surface area contributed by atoms with Crippen LogP contribution >= 0.6 is 0 Å². The topological polar surface area (TPSA) is 78.9 Å². The van der Waals surface area contributed by atoms with Crippen LogP contribution in [0.5, 0.6) is 0 Å². The first-order chi connectivity index (χ1) is 26.0. The van der Waals surface area contributed by atoms with E-state index in [0.29, 0.717) is 12.8 Å². The molecule has 6 nitrogen and oxygen atoms in total. The summed E-state index contributed by atoms with van der Waals surface area (Å²) >= 11 is 0. The Labute approximate surface area is 327 Å². The second-order valence-electron chi connectivity index (χ2n) is 14.6. The van der Waals surface area contributed by atoms with Gasteiger partial charge in [-0.15, -0.1) is 0 Å². The predicted octanol–water partition coefficient (Wildman–Crippen LogP) is 14.0. The van der Waals surface area contributed by atoms with Gasteiger partial charge in [-0.1, -0.05) is 191 Å². The van der Waals surface area contributed by atoms with Crippen LogP contribution < -0.4 is 0 Å². The van der Waals surface area contributed by atoms with Gasteiger partial charge in [-0.05, 0) is 51.4 Å². The second kappa shape index (κ2) is 42.1. The van der Waals surface area contributed by atoms with E-state index in [2.05, 4.69) is 57.2 Å². The van der Waals surface area contributed by atoms with E-state index in [1.165, 1.54) is 103 Å². The number of esters is 3. The first-order valence-electron chi connectivity index (χ1n) is 22.1. The summed E-state index contributed by atoms with van der Waals surface area (Å²) in [5, 5.41) is 0. The van der Waals surface area contributed by atoms with E-state index in [1.807, 2.05) is 6.08 Å². The number of ether oxygens (including phenoxy) is 3. The van der Waals surface area contributed by atoms with Gasteiger partial charge in [0, 0.05) is 12.8 Å². The molecule has 0 rings (SSSR count). The van der Waals surface area contributed by atoms with Gasteiger partial charge in [-0.3, -0.25) is 14.4 Å². The van der Waals surface area contributed by atoms with Crippen LogP contribution in [-0.4, -0.2) is 37.2 Å². The van der Waals surface area contributed by atoms with Crippen LogP contribution in [0.4, 0.5) is 0 Å². The summed E-state index contributed by atoms with van der Waals surface area (Å²) in [6, 6.07) is 0. The molecule has 0 saturated carbocycles. The van der Waals surface area contributed by atoms with Crippen LogP contribution in [0.2, 0.25) is 0 Å². The summed E-state index contributed by atoms with van der Waals surface area (Å²) in [7, 11) is 0. The van der Waals surface area contributed by atoms with Crippen molar-refractivity contribution in [2.24, 2.45) is 0 Å². The Bertz CT molecular complexity index is 949. The molecule has 0 fully saturated rings. The summed E-state index contributed by atoms with van der Waals surface area (Å²) in [4.78, 5) is 37.5. The molecule has 1 unspecified atom stereocenters. The predicted molar refractivity (Wildman–Crippen MR) is 224 cm³/mol. The molecule has 1 atom stereocenters. The number of hydrogen-bond acceptors (Lipinski definition) is 6. The van der Waals surface area contributed by atoms with Gasteiger partial charge in [0.15, 0.2) is 6.10 Å². The van der Waals surface area contributed by atoms with Crippen LogP contribution in [0.25, 0.3) is 0 Å². The first-order valence-corrected chi connectivity index (χ1v) is 22.1. The second-order valence-corrected chi connectivity index (χ2v) is 14.6. The highest BCUT2D eigenvalue weighted by atomic mass is 16.6. The first kappa shape index (κ1) is 50.4. The summed E-state index contributed by atoms with van der Waals surface area (Å²) in [6.07, 6.45) is 48.4. The molecule has 0 bridgehead atoms. The van der Waals surface area contributed by atoms with E-state index in [9.17, 15) is 14.4 Å². The highest BCUT2D eigenvalue weighted by molar-refractivity contribution is 5.72. The lowest BCUT2D eigenvalue weighted by Crippen LogP contribution is -2.30. The largest absolute Gasteiger partial charge is 0.462 e. The molecule has 0 aliphatic rings. The molecule has 306 valence electrons. The van der Waals surface area contributed by atoms with E-state index in [0.717, 1.165) is 70.6 Å². The Hall–Kier alpha value is -2.63. The molecule has 0 aromatic carbocycles. The monoisotopic (exact) mass is 743 g/mol. The number of carbonyl (C=O) groups excluding carboxylic acids is 3. The van der Waals surface area contributed by atoms with Gasteiger partial charge in [0.1, 0.15) is 13.2 Å². The van der Waals surface area contributed by atoms with E-state index >= 15 is 0 Å². The fourth-order valence-corrected chi connectivity index (χ4v) is 6.01. The van der Waals surface area contributed by atoms with Gasteiger partial charge in [0.05, 0.1) is 6.42 Å². The van der Waals surface area contributed by atoms with Gasteiger partial charge in [-0.25, -0.2) is 0 Å². The molecular formula is C47H82O6. The highest BCUT2D eigenvalue weighted by Gasteiger charge is 2.19. The van der Waals surface area contributed by atoms with Crippen molar-refractivity contribution in [3.05, 3.63) is 48.6 Å². The normalized spacial score (nSPS) is 12.4. The molecule has 0 radical (unpaired) electrons. The standard InChI is InChI=1S/C47H82O6/c1-4-7-10-13-16-19-21-22-23-24-26-28-31-34-37-40-46(49)52-43-44(42-51-45(48)39-36-33-30-27-18-15-12-9-6-3)53-47(50)41-38-35-32-29-25-20-17-14-11-8-5-2/h9,12,14,17-18,27,33,36,44H,4-8,10-11,13,15-16,19-26,28-32,34-35,37-43H2,1-3H3/b12-9-,17-14-,27-18-,36-33-. The molecule has 6 heteroatoms. The average Bonchev–Trinajstić information content (AvgIpc) is 3.15. The zero-order valence-electron chi connectivity index (χ0n) is 34.8.